The first kappa shape index (κ1) is 24.5. The topological polar surface area (TPSA) is 87.3 Å². The predicted octanol–water partition coefficient (Wildman–Crippen LogP) is 5.10. The van der Waals surface area contributed by atoms with Gasteiger partial charge in [-0.1, -0.05) is 30.3 Å². The van der Waals surface area contributed by atoms with Gasteiger partial charge in [-0.25, -0.2) is 0 Å². The summed E-state index contributed by atoms with van der Waals surface area (Å²) < 4.78 is 38.6. The molecule has 0 aliphatic heterocycles. The summed E-state index contributed by atoms with van der Waals surface area (Å²) in [5.74, 6) is -1.30. The summed E-state index contributed by atoms with van der Waals surface area (Å²) in [6, 6.07) is 18.5. The quantitative estimate of drug-likeness (QED) is 0.450. The molecule has 0 aromatic heterocycles. The van der Waals surface area contributed by atoms with E-state index < -0.39 is 23.7 Å². The van der Waals surface area contributed by atoms with Crippen molar-refractivity contribution in [3.8, 4) is 0 Å². The molecule has 0 spiro atoms. The Morgan fingerprint density at radius 2 is 1.38 bits per heavy atom. The SMILES string of the molecule is CC(CC(=O)Nc1cccc(C(=O)Nc2cccc(C(F)(F)F)c2)c1)NC(=O)c1ccccc1. The van der Waals surface area contributed by atoms with Crippen LogP contribution in [-0.4, -0.2) is 23.8 Å². The second-order valence-electron chi connectivity index (χ2n) is 7.61. The zero-order valence-electron chi connectivity index (χ0n) is 18.1. The summed E-state index contributed by atoms with van der Waals surface area (Å²) in [6.07, 6.45) is -4.53. The van der Waals surface area contributed by atoms with Crippen LogP contribution in [0.2, 0.25) is 0 Å². The second-order valence-corrected chi connectivity index (χ2v) is 7.61. The van der Waals surface area contributed by atoms with Crippen molar-refractivity contribution in [2.24, 2.45) is 0 Å². The van der Waals surface area contributed by atoms with Crippen molar-refractivity contribution in [3.63, 3.8) is 0 Å². The molecule has 3 aromatic rings. The number of nitrogens with one attached hydrogen (secondary N) is 3. The first-order chi connectivity index (χ1) is 16.1. The second kappa shape index (κ2) is 10.7. The molecule has 3 N–H and O–H groups in total. The molecular formula is C25H22F3N3O3. The van der Waals surface area contributed by atoms with Crippen LogP contribution in [0.15, 0.2) is 78.9 Å². The normalized spacial score (nSPS) is 11.9. The van der Waals surface area contributed by atoms with Gasteiger partial charge in [-0.05, 0) is 55.5 Å². The van der Waals surface area contributed by atoms with Crippen LogP contribution in [0, 0.1) is 0 Å². The van der Waals surface area contributed by atoms with Crippen molar-refractivity contribution in [2.75, 3.05) is 10.6 Å². The molecule has 1 unspecified atom stereocenters. The van der Waals surface area contributed by atoms with Gasteiger partial charge in [0.2, 0.25) is 5.91 Å². The van der Waals surface area contributed by atoms with Crippen LogP contribution in [0.5, 0.6) is 0 Å². The van der Waals surface area contributed by atoms with Gasteiger partial charge in [-0.15, -0.1) is 0 Å². The molecule has 0 fully saturated rings. The molecule has 0 bridgehead atoms. The summed E-state index contributed by atoms with van der Waals surface area (Å²) >= 11 is 0. The van der Waals surface area contributed by atoms with Crippen molar-refractivity contribution in [1.82, 2.24) is 5.32 Å². The lowest BCUT2D eigenvalue weighted by atomic mass is 10.1. The molecule has 0 aliphatic rings. The summed E-state index contributed by atoms with van der Waals surface area (Å²) in [6.45, 7) is 1.69. The first-order valence-corrected chi connectivity index (χ1v) is 10.4. The Kier molecular flexibility index (Phi) is 7.68. The monoisotopic (exact) mass is 469 g/mol. The van der Waals surface area contributed by atoms with Gasteiger partial charge in [0, 0.05) is 35.0 Å². The number of carbonyl (C=O) groups excluding carboxylic acids is 3. The number of anilines is 2. The summed E-state index contributed by atoms with van der Waals surface area (Å²) in [7, 11) is 0. The highest BCUT2D eigenvalue weighted by molar-refractivity contribution is 6.05. The molecule has 3 rings (SSSR count). The van der Waals surface area contributed by atoms with E-state index in [9.17, 15) is 27.6 Å². The maximum Gasteiger partial charge on any atom is 0.416 e. The number of carbonyl (C=O) groups is 3. The lowest BCUT2D eigenvalue weighted by Crippen LogP contribution is -2.35. The number of benzene rings is 3. The number of halogens is 3. The molecule has 0 radical (unpaired) electrons. The minimum atomic E-state index is -4.53. The molecule has 0 saturated carbocycles. The van der Waals surface area contributed by atoms with Crippen LogP contribution in [0.3, 0.4) is 0 Å². The van der Waals surface area contributed by atoms with Crippen LogP contribution in [0.1, 0.15) is 39.6 Å². The molecule has 3 amide bonds. The third kappa shape index (κ3) is 6.93. The van der Waals surface area contributed by atoms with Crippen LogP contribution >= 0.6 is 0 Å². The zero-order valence-corrected chi connectivity index (χ0v) is 18.1. The largest absolute Gasteiger partial charge is 0.416 e. The Morgan fingerprint density at radius 3 is 2.06 bits per heavy atom. The molecule has 0 heterocycles. The fraction of sp³-hybridized carbons (Fsp3) is 0.160. The van der Waals surface area contributed by atoms with Crippen molar-refractivity contribution in [3.05, 3.63) is 95.6 Å². The zero-order chi connectivity index (χ0) is 24.7. The molecule has 3 aromatic carbocycles. The van der Waals surface area contributed by atoms with Crippen molar-refractivity contribution >= 4 is 29.1 Å². The minimum absolute atomic E-state index is 0.000762. The number of hydrogen-bond donors (Lipinski definition) is 3. The van der Waals surface area contributed by atoms with E-state index in [0.717, 1.165) is 12.1 Å². The molecule has 176 valence electrons. The maximum atomic E-state index is 12.9. The van der Waals surface area contributed by atoms with Gasteiger partial charge < -0.3 is 16.0 Å². The lowest BCUT2D eigenvalue weighted by molar-refractivity contribution is -0.137. The molecule has 0 saturated heterocycles. The number of hydrogen-bond acceptors (Lipinski definition) is 3. The standard InChI is InChI=1S/C25H22F3N3O3/c1-16(29-23(33)17-7-3-2-4-8-17)13-22(32)30-20-11-5-9-18(14-20)24(34)31-21-12-6-10-19(15-21)25(26,27)28/h2-12,14-16H,13H2,1H3,(H,29,33)(H,30,32)(H,31,34). The Bertz CT molecular complexity index is 1180. The smallest absolute Gasteiger partial charge is 0.349 e. The van der Waals surface area contributed by atoms with Gasteiger partial charge in [-0.3, -0.25) is 14.4 Å². The molecule has 0 aliphatic carbocycles. The van der Waals surface area contributed by atoms with E-state index in [1.807, 2.05) is 0 Å². The predicted molar refractivity (Wildman–Crippen MR) is 122 cm³/mol. The van der Waals surface area contributed by atoms with Crippen molar-refractivity contribution < 1.29 is 27.6 Å². The third-order valence-electron chi connectivity index (χ3n) is 4.76. The van der Waals surface area contributed by atoms with E-state index in [2.05, 4.69) is 16.0 Å². The Balaban J connectivity index is 1.58. The molecular weight excluding hydrogens is 447 g/mol. The molecule has 1 atom stereocenters. The summed E-state index contributed by atoms with van der Waals surface area (Å²) in [5.41, 5.74) is 0.0928. The van der Waals surface area contributed by atoms with Gasteiger partial charge in [0.25, 0.3) is 11.8 Å². The van der Waals surface area contributed by atoms with Gasteiger partial charge in [-0.2, -0.15) is 13.2 Å². The average Bonchev–Trinajstić information content (AvgIpc) is 2.79. The highest BCUT2D eigenvalue weighted by atomic mass is 19.4. The van der Waals surface area contributed by atoms with E-state index in [4.69, 9.17) is 0 Å². The Morgan fingerprint density at radius 1 is 0.765 bits per heavy atom. The highest BCUT2D eigenvalue weighted by Gasteiger charge is 2.30. The highest BCUT2D eigenvalue weighted by Crippen LogP contribution is 2.30. The molecule has 6 nitrogen and oxygen atoms in total. The van der Waals surface area contributed by atoms with Crippen LogP contribution < -0.4 is 16.0 Å². The molecule has 34 heavy (non-hydrogen) atoms. The maximum absolute atomic E-state index is 12.9. The summed E-state index contributed by atoms with van der Waals surface area (Å²) in [5, 5.41) is 7.82. The van der Waals surface area contributed by atoms with E-state index in [0.29, 0.717) is 11.3 Å². The van der Waals surface area contributed by atoms with E-state index in [1.165, 1.54) is 30.3 Å². The van der Waals surface area contributed by atoms with Gasteiger partial charge in [0.15, 0.2) is 0 Å². The van der Waals surface area contributed by atoms with E-state index >= 15 is 0 Å². The minimum Gasteiger partial charge on any atom is -0.349 e. The first-order valence-electron chi connectivity index (χ1n) is 10.4. The lowest BCUT2D eigenvalue weighted by Gasteiger charge is -2.14. The van der Waals surface area contributed by atoms with E-state index in [-0.39, 0.29) is 29.5 Å². The van der Waals surface area contributed by atoms with Gasteiger partial charge >= 0.3 is 6.18 Å². The van der Waals surface area contributed by atoms with Gasteiger partial charge in [0.1, 0.15) is 0 Å². The number of amides is 3. The summed E-state index contributed by atoms with van der Waals surface area (Å²) in [4.78, 5) is 37.1. The van der Waals surface area contributed by atoms with Crippen molar-refractivity contribution in [1.29, 1.82) is 0 Å². The molecule has 9 heteroatoms. The van der Waals surface area contributed by atoms with Gasteiger partial charge in [0.05, 0.1) is 5.56 Å². The van der Waals surface area contributed by atoms with E-state index in [1.54, 1.807) is 43.3 Å². The van der Waals surface area contributed by atoms with Crippen molar-refractivity contribution in [2.45, 2.75) is 25.6 Å². The Labute approximate surface area is 194 Å². The fourth-order valence-electron chi connectivity index (χ4n) is 3.15. The average molecular weight is 469 g/mol. The third-order valence-corrected chi connectivity index (χ3v) is 4.76. The number of rotatable bonds is 7. The van der Waals surface area contributed by atoms with Crippen LogP contribution in [0.4, 0.5) is 24.5 Å². The van der Waals surface area contributed by atoms with Crippen LogP contribution in [0.25, 0.3) is 0 Å². The van der Waals surface area contributed by atoms with Crippen LogP contribution in [-0.2, 0) is 11.0 Å². The fourth-order valence-corrected chi connectivity index (χ4v) is 3.15. The Hall–Kier alpha value is -4.14. The number of alkyl halides is 3.